The van der Waals surface area contributed by atoms with Gasteiger partial charge >= 0.3 is 0 Å². The maximum atomic E-state index is 12.6. The first-order valence-corrected chi connectivity index (χ1v) is 11.2. The van der Waals surface area contributed by atoms with Crippen LogP contribution in [0.3, 0.4) is 0 Å². The SMILES string of the molecule is Cc1ccc2c(CC(=O)NCc3ccc(S(=O)(=O)N4CCCC4)cc3)coc2c1. The van der Waals surface area contributed by atoms with E-state index in [9.17, 15) is 13.2 Å². The van der Waals surface area contributed by atoms with Crippen molar-refractivity contribution in [2.45, 2.75) is 37.6 Å². The van der Waals surface area contributed by atoms with Crippen molar-refractivity contribution >= 4 is 26.9 Å². The molecular formula is C22H24N2O4S. The molecule has 1 aliphatic rings. The molecule has 1 fully saturated rings. The Bertz CT molecular complexity index is 1130. The number of amides is 1. The molecule has 0 atom stereocenters. The minimum absolute atomic E-state index is 0.109. The van der Waals surface area contributed by atoms with E-state index in [1.165, 1.54) is 4.31 Å². The maximum Gasteiger partial charge on any atom is 0.243 e. The Kier molecular flexibility index (Phi) is 5.43. The molecule has 2 heterocycles. The lowest BCUT2D eigenvalue weighted by atomic mass is 10.1. The molecule has 0 saturated carbocycles. The van der Waals surface area contributed by atoms with Crippen molar-refractivity contribution < 1.29 is 17.6 Å². The average Bonchev–Trinajstić information content (AvgIpc) is 3.37. The van der Waals surface area contributed by atoms with Crippen LogP contribution in [-0.2, 0) is 27.8 Å². The molecule has 4 rings (SSSR count). The quantitative estimate of drug-likeness (QED) is 0.673. The van der Waals surface area contributed by atoms with Gasteiger partial charge in [0.15, 0.2) is 0 Å². The van der Waals surface area contributed by atoms with E-state index in [-0.39, 0.29) is 12.3 Å². The topological polar surface area (TPSA) is 79.6 Å². The Labute approximate surface area is 170 Å². The lowest BCUT2D eigenvalue weighted by Gasteiger charge is -2.15. The van der Waals surface area contributed by atoms with Gasteiger partial charge in [-0.25, -0.2) is 8.42 Å². The van der Waals surface area contributed by atoms with Crippen LogP contribution < -0.4 is 5.32 Å². The van der Waals surface area contributed by atoms with Gasteiger partial charge in [0.25, 0.3) is 0 Å². The van der Waals surface area contributed by atoms with Crippen molar-refractivity contribution in [3.8, 4) is 0 Å². The number of carbonyl (C=O) groups excluding carboxylic acids is 1. The van der Waals surface area contributed by atoms with Crippen molar-refractivity contribution in [1.29, 1.82) is 0 Å². The number of fused-ring (bicyclic) bond motifs is 1. The number of nitrogens with one attached hydrogen (secondary N) is 1. The standard InChI is InChI=1S/C22H24N2O4S/c1-16-4-9-20-18(15-28-21(20)12-16)13-22(25)23-14-17-5-7-19(8-6-17)29(26,27)24-10-2-3-11-24/h4-9,12,15H,2-3,10-11,13-14H2,1H3,(H,23,25). The van der Waals surface area contributed by atoms with Crippen LogP contribution in [0.1, 0.15) is 29.5 Å². The number of nitrogens with zero attached hydrogens (tertiary/aromatic N) is 1. The summed E-state index contributed by atoms with van der Waals surface area (Å²) in [6.45, 7) is 3.51. The zero-order valence-corrected chi connectivity index (χ0v) is 17.2. The molecule has 0 unspecified atom stereocenters. The summed E-state index contributed by atoms with van der Waals surface area (Å²) in [5.41, 5.74) is 3.59. The highest BCUT2D eigenvalue weighted by molar-refractivity contribution is 7.89. The highest BCUT2D eigenvalue weighted by Gasteiger charge is 2.26. The van der Waals surface area contributed by atoms with Crippen molar-refractivity contribution in [3.63, 3.8) is 0 Å². The summed E-state index contributed by atoms with van der Waals surface area (Å²) < 4.78 is 32.2. The summed E-state index contributed by atoms with van der Waals surface area (Å²) in [6, 6.07) is 12.6. The van der Waals surface area contributed by atoms with Crippen LogP contribution in [0.2, 0.25) is 0 Å². The summed E-state index contributed by atoms with van der Waals surface area (Å²) in [6.07, 6.45) is 3.68. The monoisotopic (exact) mass is 412 g/mol. The molecule has 1 aliphatic heterocycles. The van der Waals surface area contributed by atoms with Gasteiger partial charge in [0.1, 0.15) is 5.58 Å². The minimum Gasteiger partial charge on any atom is -0.464 e. The van der Waals surface area contributed by atoms with E-state index >= 15 is 0 Å². The van der Waals surface area contributed by atoms with Crippen LogP contribution in [-0.4, -0.2) is 31.7 Å². The molecule has 2 aromatic carbocycles. The molecule has 1 amide bonds. The van der Waals surface area contributed by atoms with Crippen LogP contribution in [0, 0.1) is 6.92 Å². The summed E-state index contributed by atoms with van der Waals surface area (Å²) in [7, 11) is -3.41. The lowest BCUT2D eigenvalue weighted by Crippen LogP contribution is -2.28. The Morgan fingerprint density at radius 2 is 1.83 bits per heavy atom. The van der Waals surface area contributed by atoms with Crippen molar-refractivity contribution in [2.24, 2.45) is 0 Å². The Morgan fingerprint density at radius 1 is 1.10 bits per heavy atom. The molecule has 1 saturated heterocycles. The normalized spacial score (nSPS) is 15.1. The number of furan rings is 1. The van der Waals surface area contributed by atoms with E-state index in [0.29, 0.717) is 24.5 Å². The van der Waals surface area contributed by atoms with Gasteiger partial charge in [-0.3, -0.25) is 4.79 Å². The van der Waals surface area contributed by atoms with Gasteiger partial charge in [0.2, 0.25) is 15.9 Å². The van der Waals surface area contributed by atoms with Crippen LogP contribution >= 0.6 is 0 Å². The molecule has 1 aromatic heterocycles. The van der Waals surface area contributed by atoms with E-state index < -0.39 is 10.0 Å². The Hall–Kier alpha value is -2.64. The fourth-order valence-electron chi connectivity index (χ4n) is 3.62. The zero-order valence-electron chi connectivity index (χ0n) is 16.3. The van der Waals surface area contributed by atoms with Gasteiger partial charge in [0, 0.05) is 30.6 Å². The van der Waals surface area contributed by atoms with E-state index in [1.54, 1.807) is 30.5 Å². The second kappa shape index (κ2) is 8.00. The molecule has 0 spiro atoms. The number of sulfonamides is 1. The zero-order chi connectivity index (χ0) is 20.4. The highest BCUT2D eigenvalue weighted by Crippen LogP contribution is 2.23. The van der Waals surface area contributed by atoms with E-state index in [0.717, 1.165) is 40.5 Å². The molecule has 29 heavy (non-hydrogen) atoms. The van der Waals surface area contributed by atoms with Crippen LogP contribution in [0.25, 0.3) is 11.0 Å². The molecule has 1 N–H and O–H groups in total. The first kappa shape index (κ1) is 19.7. The molecular weight excluding hydrogens is 388 g/mol. The summed E-state index contributed by atoms with van der Waals surface area (Å²) >= 11 is 0. The van der Waals surface area contributed by atoms with Gasteiger partial charge in [0.05, 0.1) is 17.6 Å². The molecule has 6 nitrogen and oxygen atoms in total. The van der Waals surface area contributed by atoms with Gasteiger partial charge < -0.3 is 9.73 Å². The van der Waals surface area contributed by atoms with Crippen LogP contribution in [0.4, 0.5) is 0 Å². The van der Waals surface area contributed by atoms with E-state index in [2.05, 4.69) is 5.32 Å². The summed E-state index contributed by atoms with van der Waals surface area (Å²) in [5, 5.41) is 3.83. The largest absolute Gasteiger partial charge is 0.464 e. The number of benzene rings is 2. The minimum atomic E-state index is -3.41. The van der Waals surface area contributed by atoms with Gasteiger partial charge in [-0.15, -0.1) is 0 Å². The molecule has 0 radical (unpaired) electrons. The number of carbonyl (C=O) groups is 1. The summed E-state index contributed by atoms with van der Waals surface area (Å²) in [5.74, 6) is -0.109. The Morgan fingerprint density at radius 3 is 2.55 bits per heavy atom. The third-order valence-electron chi connectivity index (χ3n) is 5.28. The molecule has 7 heteroatoms. The number of hydrogen-bond donors (Lipinski definition) is 1. The van der Waals surface area contributed by atoms with Crippen molar-refractivity contribution in [3.05, 3.63) is 65.4 Å². The van der Waals surface area contributed by atoms with Gasteiger partial charge in [-0.05, 0) is 49.1 Å². The van der Waals surface area contributed by atoms with Crippen LogP contribution in [0.5, 0.6) is 0 Å². The fraction of sp³-hybridized carbons (Fsp3) is 0.318. The van der Waals surface area contributed by atoms with Crippen molar-refractivity contribution in [2.75, 3.05) is 13.1 Å². The average molecular weight is 413 g/mol. The van der Waals surface area contributed by atoms with E-state index in [4.69, 9.17) is 4.42 Å². The highest BCUT2D eigenvalue weighted by atomic mass is 32.2. The van der Waals surface area contributed by atoms with Gasteiger partial charge in [-0.1, -0.05) is 24.3 Å². The number of aryl methyl sites for hydroxylation is 1. The molecule has 152 valence electrons. The third-order valence-corrected chi connectivity index (χ3v) is 7.19. The van der Waals surface area contributed by atoms with Gasteiger partial charge in [-0.2, -0.15) is 4.31 Å². The third kappa shape index (κ3) is 4.21. The predicted molar refractivity (Wildman–Crippen MR) is 111 cm³/mol. The molecule has 0 bridgehead atoms. The smallest absolute Gasteiger partial charge is 0.243 e. The number of rotatable bonds is 6. The predicted octanol–water partition coefficient (Wildman–Crippen LogP) is 3.38. The number of hydrogen-bond acceptors (Lipinski definition) is 4. The second-order valence-electron chi connectivity index (χ2n) is 7.47. The molecule has 0 aliphatic carbocycles. The first-order valence-electron chi connectivity index (χ1n) is 9.76. The first-order chi connectivity index (χ1) is 13.9. The Balaban J connectivity index is 1.36. The summed E-state index contributed by atoms with van der Waals surface area (Å²) in [4.78, 5) is 12.6. The van der Waals surface area contributed by atoms with E-state index in [1.807, 2.05) is 25.1 Å². The van der Waals surface area contributed by atoms with Crippen molar-refractivity contribution in [1.82, 2.24) is 9.62 Å². The maximum absolute atomic E-state index is 12.6. The molecule has 3 aromatic rings. The lowest BCUT2D eigenvalue weighted by molar-refractivity contribution is -0.120. The van der Waals surface area contributed by atoms with Crippen LogP contribution in [0.15, 0.2) is 58.0 Å². The fourth-order valence-corrected chi connectivity index (χ4v) is 5.14. The second-order valence-corrected chi connectivity index (χ2v) is 9.41.